The molecule has 1 atom stereocenters. The smallest absolute Gasteiger partial charge is 0.259 e. The van der Waals surface area contributed by atoms with Crippen molar-refractivity contribution in [2.45, 2.75) is 18.9 Å². The van der Waals surface area contributed by atoms with Crippen LogP contribution in [0.15, 0.2) is 28.7 Å². The molecule has 20 heavy (non-hydrogen) atoms. The van der Waals surface area contributed by atoms with Crippen molar-refractivity contribution in [1.82, 2.24) is 10.2 Å². The minimum Gasteiger partial charge on any atom is -0.327 e. The van der Waals surface area contributed by atoms with Gasteiger partial charge in [-0.3, -0.25) is 19.8 Å². The molecule has 0 radical (unpaired) electrons. The van der Waals surface area contributed by atoms with E-state index in [0.717, 1.165) is 19.4 Å². The molecule has 1 aromatic carbocycles. The lowest BCUT2D eigenvalue weighted by Crippen LogP contribution is -2.47. The van der Waals surface area contributed by atoms with Crippen LogP contribution in [0.2, 0.25) is 0 Å². The fourth-order valence-corrected chi connectivity index (χ4v) is 2.78. The van der Waals surface area contributed by atoms with E-state index in [1.807, 2.05) is 11.0 Å². The maximum Gasteiger partial charge on any atom is 0.259 e. The van der Waals surface area contributed by atoms with Gasteiger partial charge < -0.3 is 5.73 Å². The molecule has 3 N–H and O–H groups in total. The number of hydrogen-bond acceptors (Lipinski definition) is 4. The lowest BCUT2D eigenvalue weighted by atomic mass is 10.1. The summed E-state index contributed by atoms with van der Waals surface area (Å²) in [6.45, 7) is 1.77. The Balaban J connectivity index is 1.88. The normalized spacial score (nSPS) is 19.6. The van der Waals surface area contributed by atoms with Crippen LogP contribution in [0.1, 0.15) is 23.2 Å². The van der Waals surface area contributed by atoms with Crippen LogP contribution in [-0.2, 0) is 4.79 Å². The molecular weight excluding hydrogens is 322 g/mol. The van der Waals surface area contributed by atoms with Gasteiger partial charge in [0, 0.05) is 17.1 Å². The Kier molecular flexibility index (Phi) is 5.28. The third-order valence-electron chi connectivity index (χ3n) is 3.28. The van der Waals surface area contributed by atoms with Crippen molar-refractivity contribution < 1.29 is 9.59 Å². The molecule has 0 saturated carbocycles. The summed E-state index contributed by atoms with van der Waals surface area (Å²) in [5.74, 6) is -0.677. The second-order valence-electron chi connectivity index (χ2n) is 4.99. The van der Waals surface area contributed by atoms with Crippen LogP contribution < -0.4 is 11.1 Å². The highest BCUT2D eigenvalue weighted by atomic mass is 79.9. The number of imide groups is 1. The van der Waals surface area contributed by atoms with Gasteiger partial charge in [0.25, 0.3) is 5.91 Å². The number of nitrogens with zero attached hydrogens (tertiary/aromatic N) is 1. The van der Waals surface area contributed by atoms with Gasteiger partial charge in [-0.15, -0.1) is 0 Å². The molecule has 0 spiro atoms. The molecule has 108 valence electrons. The Morgan fingerprint density at radius 1 is 1.40 bits per heavy atom. The van der Waals surface area contributed by atoms with Crippen molar-refractivity contribution in [2.75, 3.05) is 19.6 Å². The number of halogens is 1. The van der Waals surface area contributed by atoms with E-state index in [0.29, 0.717) is 16.6 Å². The number of benzene rings is 1. The quantitative estimate of drug-likeness (QED) is 0.865. The van der Waals surface area contributed by atoms with Gasteiger partial charge in [-0.2, -0.15) is 0 Å². The van der Waals surface area contributed by atoms with E-state index in [4.69, 9.17) is 5.73 Å². The summed E-state index contributed by atoms with van der Waals surface area (Å²) in [6.07, 6.45) is 1.99. The minimum atomic E-state index is -0.385. The number of hydrogen-bond donors (Lipinski definition) is 2. The number of nitrogens with two attached hydrogens (primary N) is 1. The molecule has 0 bridgehead atoms. The second-order valence-corrected chi connectivity index (χ2v) is 5.85. The molecule has 5 nitrogen and oxygen atoms in total. The molecule has 1 aliphatic rings. The number of rotatable bonds is 3. The Labute approximate surface area is 126 Å². The number of carbonyl (C=O) groups is 2. The second kappa shape index (κ2) is 6.97. The number of carbonyl (C=O) groups excluding carboxylic acids is 2. The van der Waals surface area contributed by atoms with Gasteiger partial charge in [0.15, 0.2) is 0 Å². The number of nitrogens with one attached hydrogen (secondary N) is 1. The van der Waals surface area contributed by atoms with E-state index in [-0.39, 0.29) is 24.4 Å². The van der Waals surface area contributed by atoms with Crippen LogP contribution in [-0.4, -0.2) is 42.4 Å². The number of piperidine rings is 1. The largest absolute Gasteiger partial charge is 0.327 e. The molecule has 1 heterocycles. The fraction of sp³-hybridized carbons (Fsp3) is 0.429. The van der Waals surface area contributed by atoms with Crippen LogP contribution in [0, 0.1) is 0 Å². The summed E-state index contributed by atoms with van der Waals surface area (Å²) >= 11 is 3.29. The summed E-state index contributed by atoms with van der Waals surface area (Å²) in [5.41, 5.74) is 6.32. The van der Waals surface area contributed by atoms with E-state index in [1.54, 1.807) is 18.2 Å². The Morgan fingerprint density at radius 2 is 2.15 bits per heavy atom. The van der Waals surface area contributed by atoms with Gasteiger partial charge in [0.05, 0.1) is 12.1 Å². The lowest BCUT2D eigenvalue weighted by Gasteiger charge is -2.29. The maximum absolute atomic E-state index is 12.0. The summed E-state index contributed by atoms with van der Waals surface area (Å²) in [6, 6.07) is 7.13. The first kappa shape index (κ1) is 15.2. The minimum absolute atomic E-state index is 0.121. The fourth-order valence-electron chi connectivity index (χ4n) is 2.32. The van der Waals surface area contributed by atoms with E-state index in [1.165, 1.54) is 0 Å². The SMILES string of the molecule is NC1CCCN(CC(=O)NC(=O)c2ccccc2Br)C1. The highest BCUT2D eigenvalue weighted by Crippen LogP contribution is 2.15. The standard InChI is InChI=1S/C14H18BrN3O2/c15-12-6-2-1-5-11(12)14(20)17-13(19)9-18-7-3-4-10(16)8-18/h1-2,5-6,10H,3-4,7-9,16H2,(H,17,19,20). The summed E-state index contributed by atoms with van der Waals surface area (Å²) in [7, 11) is 0. The maximum atomic E-state index is 12.0. The molecule has 2 rings (SSSR count). The molecule has 0 aromatic heterocycles. The van der Waals surface area contributed by atoms with Crippen molar-refractivity contribution >= 4 is 27.7 Å². The van der Waals surface area contributed by atoms with Crippen molar-refractivity contribution in [1.29, 1.82) is 0 Å². The summed E-state index contributed by atoms with van der Waals surface area (Å²) < 4.78 is 0.672. The van der Waals surface area contributed by atoms with Gasteiger partial charge in [0.1, 0.15) is 0 Å². The predicted octanol–water partition coefficient (Wildman–Crippen LogP) is 1.13. The van der Waals surface area contributed by atoms with Crippen molar-refractivity contribution in [3.8, 4) is 0 Å². The lowest BCUT2D eigenvalue weighted by molar-refractivity contribution is -0.121. The van der Waals surface area contributed by atoms with Crippen LogP contribution in [0.5, 0.6) is 0 Å². The molecule has 1 aromatic rings. The number of likely N-dealkylation sites (tertiary alicyclic amines) is 1. The molecule has 6 heteroatoms. The van der Waals surface area contributed by atoms with Crippen molar-refractivity contribution in [3.05, 3.63) is 34.3 Å². The first-order valence-electron chi connectivity index (χ1n) is 6.63. The highest BCUT2D eigenvalue weighted by molar-refractivity contribution is 9.10. The van der Waals surface area contributed by atoms with E-state index >= 15 is 0 Å². The van der Waals surface area contributed by atoms with Crippen LogP contribution >= 0.6 is 15.9 Å². The zero-order valence-electron chi connectivity index (χ0n) is 11.1. The van der Waals surface area contributed by atoms with Crippen LogP contribution in [0.4, 0.5) is 0 Å². The zero-order chi connectivity index (χ0) is 14.5. The average Bonchev–Trinajstić information content (AvgIpc) is 2.38. The third kappa shape index (κ3) is 4.13. The van der Waals surface area contributed by atoms with Crippen LogP contribution in [0.3, 0.4) is 0 Å². The van der Waals surface area contributed by atoms with E-state index in [2.05, 4.69) is 21.2 Å². The zero-order valence-corrected chi connectivity index (χ0v) is 12.7. The summed E-state index contributed by atoms with van der Waals surface area (Å²) in [5, 5.41) is 2.41. The highest BCUT2D eigenvalue weighted by Gasteiger charge is 2.20. The van der Waals surface area contributed by atoms with Gasteiger partial charge in [-0.1, -0.05) is 12.1 Å². The molecule has 0 aliphatic carbocycles. The average molecular weight is 340 g/mol. The van der Waals surface area contributed by atoms with Gasteiger partial charge in [-0.25, -0.2) is 0 Å². The molecule has 1 saturated heterocycles. The molecule has 1 fully saturated rings. The summed E-state index contributed by atoms with van der Waals surface area (Å²) in [4.78, 5) is 25.8. The Bertz CT molecular complexity index is 507. The molecular formula is C14H18BrN3O2. The third-order valence-corrected chi connectivity index (χ3v) is 3.97. The van der Waals surface area contributed by atoms with Crippen molar-refractivity contribution in [2.24, 2.45) is 5.73 Å². The van der Waals surface area contributed by atoms with Gasteiger partial charge >= 0.3 is 0 Å². The Morgan fingerprint density at radius 3 is 2.85 bits per heavy atom. The first-order valence-corrected chi connectivity index (χ1v) is 7.42. The molecule has 1 aliphatic heterocycles. The Hall–Kier alpha value is -1.24. The van der Waals surface area contributed by atoms with Gasteiger partial charge in [-0.05, 0) is 47.4 Å². The van der Waals surface area contributed by atoms with Crippen LogP contribution in [0.25, 0.3) is 0 Å². The first-order chi connectivity index (χ1) is 9.56. The predicted molar refractivity (Wildman–Crippen MR) is 80.3 cm³/mol. The molecule has 1 unspecified atom stereocenters. The van der Waals surface area contributed by atoms with E-state index in [9.17, 15) is 9.59 Å². The van der Waals surface area contributed by atoms with Crippen molar-refractivity contribution in [3.63, 3.8) is 0 Å². The van der Waals surface area contributed by atoms with Gasteiger partial charge in [0.2, 0.25) is 5.91 Å². The monoisotopic (exact) mass is 339 g/mol. The topological polar surface area (TPSA) is 75.4 Å². The number of amides is 2. The van der Waals surface area contributed by atoms with E-state index < -0.39 is 0 Å². The molecule has 2 amide bonds.